The second kappa shape index (κ2) is 6.85. The van der Waals surface area contributed by atoms with Crippen LogP contribution < -0.4 is 25.4 Å². The molecule has 166 valence electrons. The zero-order chi connectivity index (χ0) is 23.1. The first-order valence-corrected chi connectivity index (χ1v) is 14.0. The molecule has 0 fully saturated rings. The van der Waals surface area contributed by atoms with Gasteiger partial charge in [0.05, 0.1) is 10.6 Å². The van der Waals surface area contributed by atoms with Gasteiger partial charge in [-0.05, 0) is 59.7 Å². The van der Waals surface area contributed by atoms with Gasteiger partial charge in [-0.1, -0.05) is 54.6 Å². The molecule has 3 nitrogen and oxygen atoms in total. The molecular weight excluding hydrogens is 471 g/mol. The molecular formula is C30H17O3PS. The Morgan fingerprint density at radius 3 is 2.11 bits per heavy atom. The summed E-state index contributed by atoms with van der Waals surface area (Å²) in [5.41, 5.74) is 2.15. The maximum Gasteiger partial charge on any atom is 0.185 e. The summed E-state index contributed by atoms with van der Waals surface area (Å²) in [6, 6.07) is 34.4. The standard InChI is InChI=1S/C30H17O3PS/c31-34-26-10-3-2-7-22(26)32-23-8-5-9-24(30(23)34)33-25-16-18(13-15-27(25)34)19-12-14-21-20-6-1-4-11-28(20)35-29(21)17-19/h1-17H. The average molecular weight is 489 g/mol. The van der Waals surface area contributed by atoms with Gasteiger partial charge in [0.25, 0.3) is 0 Å². The second-order valence-corrected chi connectivity index (χ2v) is 12.6. The summed E-state index contributed by atoms with van der Waals surface area (Å²) in [6.07, 6.45) is 0. The summed E-state index contributed by atoms with van der Waals surface area (Å²) in [4.78, 5) is 0. The third-order valence-corrected chi connectivity index (χ3v) is 11.2. The van der Waals surface area contributed by atoms with E-state index in [0.717, 1.165) is 21.7 Å². The van der Waals surface area contributed by atoms with Crippen LogP contribution in [0.2, 0.25) is 0 Å². The van der Waals surface area contributed by atoms with Crippen molar-refractivity contribution in [2.45, 2.75) is 0 Å². The van der Waals surface area contributed by atoms with E-state index in [1.165, 1.54) is 20.2 Å². The van der Waals surface area contributed by atoms with Crippen LogP contribution in [0.3, 0.4) is 0 Å². The largest absolute Gasteiger partial charge is 0.456 e. The van der Waals surface area contributed by atoms with Gasteiger partial charge in [0.15, 0.2) is 7.14 Å². The third-order valence-electron chi connectivity index (χ3n) is 6.93. The van der Waals surface area contributed by atoms with Crippen LogP contribution in [0.1, 0.15) is 0 Å². The first-order valence-electron chi connectivity index (χ1n) is 11.5. The topological polar surface area (TPSA) is 35.5 Å². The number of para-hydroxylation sites is 1. The van der Waals surface area contributed by atoms with Crippen molar-refractivity contribution in [3.8, 4) is 34.1 Å². The molecule has 0 spiro atoms. The molecule has 1 aromatic heterocycles. The fourth-order valence-electron chi connectivity index (χ4n) is 5.33. The molecule has 2 aliphatic heterocycles. The Hall–Kier alpha value is -3.85. The van der Waals surface area contributed by atoms with Crippen LogP contribution in [-0.4, -0.2) is 0 Å². The minimum absolute atomic E-state index is 0.602. The van der Waals surface area contributed by atoms with Crippen molar-refractivity contribution in [2.75, 3.05) is 0 Å². The van der Waals surface area contributed by atoms with Crippen LogP contribution in [0.25, 0.3) is 31.3 Å². The maximum absolute atomic E-state index is 14.9. The van der Waals surface area contributed by atoms with Gasteiger partial charge >= 0.3 is 0 Å². The van der Waals surface area contributed by atoms with Gasteiger partial charge in [-0.15, -0.1) is 11.3 Å². The summed E-state index contributed by atoms with van der Waals surface area (Å²) in [6.45, 7) is 0. The molecule has 0 amide bonds. The Morgan fingerprint density at radius 2 is 1.20 bits per heavy atom. The molecule has 5 aromatic carbocycles. The highest BCUT2D eigenvalue weighted by Gasteiger charge is 2.46. The van der Waals surface area contributed by atoms with Gasteiger partial charge in [-0.25, -0.2) is 0 Å². The number of benzene rings is 5. The first-order chi connectivity index (χ1) is 17.2. The summed E-state index contributed by atoms with van der Waals surface area (Å²) in [5.74, 6) is 2.50. The highest BCUT2D eigenvalue weighted by molar-refractivity contribution is 7.86. The molecule has 2 aliphatic rings. The highest BCUT2D eigenvalue weighted by Crippen LogP contribution is 2.58. The molecule has 1 atom stereocenters. The number of fused-ring (bicyclic) bond motifs is 7. The molecule has 1 unspecified atom stereocenters. The summed E-state index contributed by atoms with van der Waals surface area (Å²) in [5, 5.41) is 4.67. The Kier molecular flexibility index (Phi) is 3.81. The fourth-order valence-corrected chi connectivity index (χ4v) is 9.51. The molecule has 8 rings (SSSR count). The highest BCUT2D eigenvalue weighted by atomic mass is 32.1. The number of hydrogen-bond acceptors (Lipinski definition) is 4. The van der Waals surface area contributed by atoms with Crippen LogP contribution >= 0.6 is 18.5 Å². The lowest BCUT2D eigenvalue weighted by molar-refractivity contribution is 0.462. The van der Waals surface area contributed by atoms with E-state index in [-0.39, 0.29) is 0 Å². The smallest absolute Gasteiger partial charge is 0.185 e. The van der Waals surface area contributed by atoms with E-state index in [1.54, 1.807) is 11.3 Å². The first kappa shape index (κ1) is 19.5. The summed E-state index contributed by atoms with van der Waals surface area (Å²) in [7, 11) is -3.13. The lowest BCUT2D eigenvalue weighted by atomic mass is 10.0. The minimum atomic E-state index is -3.13. The van der Waals surface area contributed by atoms with Crippen molar-refractivity contribution in [1.82, 2.24) is 0 Å². The van der Waals surface area contributed by atoms with Crippen molar-refractivity contribution >= 4 is 54.6 Å². The molecule has 6 aromatic rings. The average Bonchev–Trinajstić information content (AvgIpc) is 3.26. The minimum Gasteiger partial charge on any atom is -0.456 e. The SMILES string of the molecule is O=P12c3ccccc3Oc3cccc(c31)Oc1cc(-c3ccc4c(c3)sc3ccccc34)ccc12. The van der Waals surface area contributed by atoms with Gasteiger partial charge in [0.1, 0.15) is 28.3 Å². The Labute approximate surface area is 205 Å². The van der Waals surface area contributed by atoms with E-state index in [1.807, 2.05) is 54.6 Å². The molecule has 0 N–H and O–H groups in total. The van der Waals surface area contributed by atoms with Crippen LogP contribution in [0, 0.1) is 0 Å². The van der Waals surface area contributed by atoms with E-state index in [0.29, 0.717) is 28.3 Å². The Bertz CT molecular complexity index is 1900. The van der Waals surface area contributed by atoms with Gasteiger partial charge in [-0.2, -0.15) is 0 Å². The number of ether oxygens (including phenoxy) is 2. The maximum atomic E-state index is 14.9. The lowest BCUT2D eigenvalue weighted by Crippen LogP contribution is -2.34. The molecule has 0 saturated carbocycles. The number of rotatable bonds is 1. The quantitative estimate of drug-likeness (QED) is 0.224. The van der Waals surface area contributed by atoms with Crippen LogP contribution in [0.15, 0.2) is 103 Å². The Balaban J connectivity index is 1.33. The molecule has 0 bridgehead atoms. The van der Waals surface area contributed by atoms with E-state index in [4.69, 9.17) is 9.47 Å². The molecule has 5 heteroatoms. The van der Waals surface area contributed by atoms with E-state index in [9.17, 15) is 4.57 Å². The number of hydrogen-bond donors (Lipinski definition) is 0. The fraction of sp³-hybridized carbons (Fsp3) is 0. The summed E-state index contributed by atoms with van der Waals surface area (Å²) >= 11 is 1.81. The second-order valence-electron chi connectivity index (χ2n) is 8.88. The van der Waals surface area contributed by atoms with Crippen molar-refractivity contribution in [3.05, 3.63) is 103 Å². The Morgan fingerprint density at radius 1 is 0.543 bits per heavy atom. The number of thiophene rings is 1. The van der Waals surface area contributed by atoms with Crippen molar-refractivity contribution in [2.24, 2.45) is 0 Å². The van der Waals surface area contributed by atoms with Crippen LogP contribution in [0.5, 0.6) is 23.0 Å². The third kappa shape index (κ3) is 2.58. The van der Waals surface area contributed by atoms with Crippen LogP contribution in [-0.2, 0) is 4.57 Å². The van der Waals surface area contributed by atoms with E-state index >= 15 is 0 Å². The molecule has 0 radical (unpaired) electrons. The van der Waals surface area contributed by atoms with Crippen LogP contribution in [0.4, 0.5) is 0 Å². The molecule has 0 aliphatic carbocycles. The normalized spacial score (nSPS) is 17.3. The summed E-state index contributed by atoms with van der Waals surface area (Å²) < 4.78 is 29.9. The van der Waals surface area contributed by atoms with E-state index in [2.05, 4.69) is 48.5 Å². The lowest BCUT2D eigenvalue weighted by Gasteiger charge is -2.34. The zero-order valence-corrected chi connectivity index (χ0v) is 20.1. The molecule has 3 heterocycles. The van der Waals surface area contributed by atoms with Crippen molar-refractivity contribution < 1.29 is 14.0 Å². The van der Waals surface area contributed by atoms with Crippen molar-refractivity contribution in [1.29, 1.82) is 0 Å². The predicted octanol–water partition coefficient (Wildman–Crippen LogP) is 7.57. The van der Waals surface area contributed by atoms with Gasteiger partial charge in [-0.3, -0.25) is 0 Å². The van der Waals surface area contributed by atoms with Crippen molar-refractivity contribution in [3.63, 3.8) is 0 Å². The van der Waals surface area contributed by atoms with E-state index < -0.39 is 7.14 Å². The van der Waals surface area contributed by atoms with Gasteiger partial charge in [0, 0.05) is 20.2 Å². The zero-order valence-electron chi connectivity index (χ0n) is 18.4. The van der Waals surface area contributed by atoms with Gasteiger partial charge < -0.3 is 14.0 Å². The monoisotopic (exact) mass is 488 g/mol. The molecule has 0 saturated heterocycles. The molecule has 35 heavy (non-hydrogen) atoms. The van der Waals surface area contributed by atoms with Gasteiger partial charge in [0.2, 0.25) is 0 Å². The predicted molar refractivity (Wildman–Crippen MR) is 144 cm³/mol.